The highest BCUT2D eigenvalue weighted by atomic mass is 16.4. The summed E-state index contributed by atoms with van der Waals surface area (Å²) in [6.07, 6.45) is -0.416. The van der Waals surface area contributed by atoms with E-state index in [4.69, 9.17) is 10.8 Å². The number of nitrogens with zero attached hydrogens (tertiary/aromatic N) is 1. The largest absolute Gasteiger partial charge is 0.480 e. The van der Waals surface area contributed by atoms with E-state index < -0.39 is 30.4 Å². The molecule has 1 atom stereocenters. The average molecular weight is 259 g/mol. The predicted octanol–water partition coefficient (Wildman–Crippen LogP) is 0.00250. The van der Waals surface area contributed by atoms with Crippen LogP contribution in [0.2, 0.25) is 0 Å². The van der Waals surface area contributed by atoms with Crippen molar-refractivity contribution in [2.45, 2.75) is 33.2 Å². The van der Waals surface area contributed by atoms with E-state index in [1.807, 2.05) is 13.8 Å². The molecular weight excluding hydrogens is 238 g/mol. The zero-order valence-corrected chi connectivity index (χ0v) is 11.0. The number of aliphatic carboxylic acids is 1. The molecule has 0 bridgehead atoms. The summed E-state index contributed by atoms with van der Waals surface area (Å²) in [5.74, 6) is -1.77. The Labute approximate surface area is 106 Å². The van der Waals surface area contributed by atoms with Crippen LogP contribution in [0.4, 0.5) is 4.79 Å². The number of primary amides is 1. The molecule has 0 spiro atoms. The summed E-state index contributed by atoms with van der Waals surface area (Å²) >= 11 is 0. The minimum Gasteiger partial charge on any atom is -0.480 e. The third-order valence-corrected chi connectivity index (χ3v) is 2.26. The maximum atomic E-state index is 11.8. The van der Waals surface area contributed by atoms with Gasteiger partial charge in [-0.3, -0.25) is 4.79 Å². The van der Waals surface area contributed by atoms with Crippen LogP contribution in [0.5, 0.6) is 0 Å². The van der Waals surface area contributed by atoms with Crippen molar-refractivity contribution in [1.82, 2.24) is 10.2 Å². The molecule has 0 saturated heterocycles. The monoisotopic (exact) mass is 259 g/mol. The maximum absolute atomic E-state index is 11.8. The van der Waals surface area contributed by atoms with Gasteiger partial charge in [-0.15, -0.1) is 0 Å². The number of nitrogens with one attached hydrogen (secondary N) is 1. The second-order valence-electron chi connectivity index (χ2n) is 4.44. The SMILES string of the molecule is CCN(CC(C)C)C(=O)N[C@H](CC(N)=O)C(=O)O. The van der Waals surface area contributed by atoms with Gasteiger partial charge in [0.05, 0.1) is 6.42 Å². The van der Waals surface area contributed by atoms with Crippen LogP contribution < -0.4 is 11.1 Å². The van der Waals surface area contributed by atoms with Crippen molar-refractivity contribution in [3.8, 4) is 0 Å². The van der Waals surface area contributed by atoms with Gasteiger partial charge in [-0.25, -0.2) is 9.59 Å². The zero-order chi connectivity index (χ0) is 14.3. The smallest absolute Gasteiger partial charge is 0.326 e. The number of carboxylic acid groups (broad SMARTS) is 1. The molecule has 0 heterocycles. The van der Waals surface area contributed by atoms with Crippen molar-refractivity contribution in [3.05, 3.63) is 0 Å². The van der Waals surface area contributed by atoms with E-state index in [0.29, 0.717) is 13.1 Å². The zero-order valence-electron chi connectivity index (χ0n) is 11.0. The van der Waals surface area contributed by atoms with Crippen molar-refractivity contribution in [1.29, 1.82) is 0 Å². The Kier molecular flexibility index (Phi) is 6.77. The molecule has 0 aromatic rings. The second-order valence-corrected chi connectivity index (χ2v) is 4.44. The van der Waals surface area contributed by atoms with Gasteiger partial charge in [0.25, 0.3) is 0 Å². The fraction of sp³-hybridized carbons (Fsp3) is 0.727. The Bertz CT molecular complexity index is 317. The molecule has 0 radical (unpaired) electrons. The molecule has 0 aromatic heterocycles. The topological polar surface area (TPSA) is 113 Å². The van der Waals surface area contributed by atoms with Gasteiger partial charge in [0, 0.05) is 13.1 Å². The average Bonchev–Trinajstić information content (AvgIpc) is 2.23. The minimum absolute atomic E-state index is 0.273. The van der Waals surface area contributed by atoms with Gasteiger partial charge in [0.15, 0.2) is 0 Å². The normalized spacial score (nSPS) is 12.0. The molecule has 18 heavy (non-hydrogen) atoms. The van der Waals surface area contributed by atoms with Crippen LogP contribution in [0, 0.1) is 5.92 Å². The van der Waals surface area contributed by atoms with E-state index >= 15 is 0 Å². The summed E-state index contributed by atoms with van der Waals surface area (Å²) in [4.78, 5) is 34.9. The third-order valence-electron chi connectivity index (χ3n) is 2.26. The van der Waals surface area contributed by atoms with Crippen molar-refractivity contribution >= 4 is 17.9 Å². The minimum atomic E-state index is -1.28. The van der Waals surface area contributed by atoms with E-state index in [1.54, 1.807) is 6.92 Å². The van der Waals surface area contributed by atoms with Gasteiger partial charge in [-0.2, -0.15) is 0 Å². The van der Waals surface area contributed by atoms with E-state index in [-0.39, 0.29) is 5.92 Å². The van der Waals surface area contributed by atoms with Crippen LogP contribution in [0.25, 0.3) is 0 Å². The Hall–Kier alpha value is -1.79. The first-order valence-corrected chi connectivity index (χ1v) is 5.84. The van der Waals surface area contributed by atoms with Crippen molar-refractivity contribution < 1.29 is 19.5 Å². The van der Waals surface area contributed by atoms with E-state index in [9.17, 15) is 14.4 Å². The molecule has 0 aliphatic heterocycles. The molecule has 0 aliphatic carbocycles. The highest BCUT2D eigenvalue weighted by molar-refractivity contribution is 5.87. The number of carbonyl (C=O) groups excluding carboxylic acids is 2. The van der Waals surface area contributed by atoms with Crippen molar-refractivity contribution in [2.24, 2.45) is 11.7 Å². The molecule has 0 aromatic carbocycles. The molecule has 4 N–H and O–H groups in total. The number of hydrogen-bond acceptors (Lipinski definition) is 3. The van der Waals surface area contributed by atoms with Crippen LogP contribution in [0.3, 0.4) is 0 Å². The molecule has 7 heteroatoms. The maximum Gasteiger partial charge on any atom is 0.326 e. The summed E-state index contributed by atoms with van der Waals surface area (Å²) in [6.45, 7) is 6.69. The molecule has 0 saturated carbocycles. The summed E-state index contributed by atoms with van der Waals surface area (Å²) < 4.78 is 0. The second kappa shape index (κ2) is 7.52. The number of rotatable bonds is 7. The number of carboxylic acids is 1. The molecule has 0 fully saturated rings. The lowest BCUT2D eigenvalue weighted by Crippen LogP contribution is -2.50. The van der Waals surface area contributed by atoms with Crippen LogP contribution in [0.1, 0.15) is 27.2 Å². The molecule has 0 aliphatic rings. The van der Waals surface area contributed by atoms with Gasteiger partial charge in [0.1, 0.15) is 6.04 Å². The lowest BCUT2D eigenvalue weighted by Gasteiger charge is -2.25. The number of hydrogen-bond donors (Lipinski definition) is 3. The molecule has 0 unspecified atom stereocenters. The number of amides is 3. The lowest BCUT2D eigenvalue weighted by molar-refractivity contribution is -0.140. The molecular formula is C11H21N3O4. The van der Waals surface area contributed by atoms with Gasteiger partial charge in [-0.1, -0.05) is 13.8 Å². The molecule has 3 amide bonds. The van der Waals surface area contributed by atoms with Crippen LogP contribution in [0.15, 0.2) is 0 Å². The molecule has 104 valence electrons. The van der Waals surface area contributed by atoms with E-state index in [2.05, 4.69) is 5.32 Å². The number of nitrogens with two attached hydrogens (primary N) is 1. The number of urea groups is 1. The number of carbonyl (C=O) groups is 3. The van der Waals surface area contributed by atoms with Gasteiger partial charge < -0.3 is 21.1 Å². The summed E-state index contributed by atoms with van der Waals surface area (Å²) in [5, 5.41) is 11.2. The predicted molar refractivity (Wildman–Crippen MR) is 65.9 cm³/mol. The third kappa shape index (κ3) is 6.07. The standard InChI is InChI=1S/C11H21N3O4/c1-4-14(6-7(2)3)11(18)13-8(10(16)17)5-9(12)15/h7-8H,4-6H2,1-3H3,(H2,12,15)(H,13,18)(H,16,17)/t8-/m1/s1. The Balaban J connectivity index is 4.56. The van der Waals surface area contributed by atoms with Gasteiger partial charge >= 0.3 is 12.0 Å². The molecule has 0 rings (SSSR count). The van der Waals surface area contributed by atoms with Gasteiger partial charge in [-0.05, 0) is 12.8 Å². The van der Waals surface area contributed by atoms with E-state index in [0.717, 1.165) is 0 Å². The van der Waals surface area contributed by atoms with Crippen molar-refractivity contribution in [3.63, 3.8) is 0 Å². The summed E-state index contributed by atoms with van der Waals surface area (Å²) in [6, 6.07) is -1.78. The summed E-state index contributed by atoms with van der Waals surface area (Å²) in [5.41, 5.74) is 4.93. The highest BCUT2D eigenvalue weighted by Crippen LogP contribution is 2.01. The first kappa shape index (κ1) is 16.2. The fourth-order valence-electron chi connectivity index (χ4n) is 1.44. The first-order chi connectivity index (χ1) is 8.27. The lowest BCUT2D eigenvalue weighted by atomic mass is 10.2. The summed E-state index contributed by atoms with van der Waals surface area (Å²) in [7, 11) is 0. The van der Waals surface area contributed by atoms with Crippen molar-refractivity contribution in [2.75, 3.05) is 13.1 Å². The Morgan fingerprint density at radius 2 is 1.89 bits per heavy atom. The molecule has 7 nitrogen and oxygen atoms in total. The fourth-order valence-corrected chi connectivity index (χ4v) is 1.44. The Morgan fingerprint density at radius 3 is 2.22 bits per heavy atom. The first-order valence-electron chi connectivity index (χ1n) is 5.84. The quantitative estimate of drug-likeness (QED) is 0.597. The van der Waals surface area contributed by atoms with Crippen LogP contribution in [-0.4, -0.2) is 47.0 Å². The van der Waals surface area contributed by atoms with Crippen LogP contribution in [-0.2, 0) is 9.59 Å². The Morgan fingerprint density at radius 1 is 1.33 bits per heavy atom. The highest BCUT2D eigenvalue weighted by Gasteiger charge is 2.24. The van der Waals surface area contributed by atoms with Crippen LogP contribution >= 0.6 is 0 Å². The van der Waals surface area contributed by atoms with E-state index in [1.165, 1.54) is 4.90 Å². The van der Waals surface area contributed by atoms with Gasteiger partial charge in [0.2, 0.25) is 5.91 Å².